The van der Waals surface area contributed by atoms with Crippen LogP contribution in [0.4, 0.5) is 0 Å². The van der Waals surface area contributed by atoms with Gasteiger partial charge < -0.3 is 24.3 Å². The van der Waals surface area contributed by atoms with E-state index in [9.17, 15) is 4.79 Å². The predicted octanol–water partition coefficient (Wildman–Crippen LogP) is 2.95. The molecule has 2 aromatic carbocycles. The van der Waals surface area contributed by atoms with Crippen LogP contribution in [0.25, 0.3) is 11.1 Å². The average molecular weight is 377 g/mol. The molecule has 0 saturated carbocycles. The molecular weight excluding hydrogens is 346 g/mol. The van der Waals surface area contributed by atoms with Crippen molar-refractivity contribution in [2.75, 3.05) is 35.3 Å². The lowest BCUT2D eigenvalue weighted by molar-refractivity contribution is 0.322. The van der Waals surface area contributed by atoms with E-state index in [2.05, 4.69) is 5.32 Å². The number of nitrogens with one attached hydrogen (secondary N) is 1. The fraction of sp³-hybridized carbons (Fsp3) is 0.381. The Morgan fingerprint density at radius 3 is 2.48 bits per heavy atom. The molecule has 3 rings (SSSR count). The molecule has 0 amide bonds. The summed E-state index contributed by atoms with van der Waals surface area (Å²) in [5.74, 6) is 0.831. The van der Waals surface area contributed by atoms with Crippen LogP contribution in [0.2, 0.25) is 0 Å². The molecule has 0 fully saturated rings. The standard InChI is InChI=1S/C21H25NO5/c1-22-16-8-6-13-14(11-19(25-3)21(27-5)20(13)26-4)12-7-9-18(24-2)17(23)10-15(12)16/h7,9-11,16,22H,6,8H2,1-5H3/i1D3,2D3. The normalized spacial score (nSPS) is 19.4. The molecule has 6 heteroatoms. The minimum Gasteiger partial charge on any atom is -0.493 e. The van der Waals surface area contributed by atoms with E-state index in [0.717, 1.165) is 5.56 Å². The first-order chi connectivity index (χ1) is 15.4. The first kappa shape index (κ1) is 12.6. The molecule has 0 bridgehead atoms. The van der Waals surface area contributed by atoms with Crippen LogP contribution < -0.4 is 29.7 Å². The second kappa shape index (κ2) is 7.88. The molecule has 1 aliphatic carbocycles. The Balaban J connectivity index is 2.36. The summed E-state index contributed by atoms with van der Waals surface area (Å²) in [5.41, 5.74) is 1.61. The maximum atomic E-state index is 12.8. The van der Waals surface area contributed by atoms with Crippen molar-refractivity contribution in [3.63, 3.8) is 0 Å². The summed E-state index contributed by atoms with van der Waals surface area (Å²) in [5, 5.41) is 2.60. The third kappa shape index (κ3) is 3.21. The summed E-state index contributed by atoms with van der Waals surface area (Å²) in [7, 11) is 1.63. The van der Waals surface area contributed by atoms with Crippen LogP contribution in [0.5, 0.6) is 23.0 Å². The number of hydrogen-bond donors (Lipinski definition) is 1. The van der Waals surface area contributed by atoms with Gasteiger partial charge in [0.05, 0.1) is 32.5 Å². The minimum absolute atomic E-state index is 0.323. The summed E-state index contributed by atoms with van der Waals surface area (Å²) < 4.78 is 66.5. The van der Waals surface area contributed by atoms with Gasteiger partial charge in [-0.2, -0.15) is 0 Å². The van der Waals surface area contributed by atoms with Crippen LogP contribution in [0.15, 0.2) is 29.1 Å². The number of fused-ring (bicyclic) bond motifs is 3. The highest BCUT2D eigenvalue weighted by Crippen LogP contribution is 2.48. The summed E-state index contributed by atoms with van der Waals surface area (Å²) in [6, 6.07) is 5.03. The molecule has 27 heavy (non-hydrogen) atoms. The third-order valence-electron chi connectivity index (χ3n) is 4.81. The van der Waals surface area contributed by atoms with Crippen molar-refractivity contribution in [2.24, 2.45) is 0 Å². The monoisotopic (exact) mass is 377 g/mol. The lowest BCUT2D eigenvalue weighted by Gasteiger charge is -2.18. The molecule has 0 heterocycles. The molecule has 0 aromatic heterocycles. The molecule has 1 unspecified atom stereocenters. The summed E-state index contributed by atoms with van der Waals surface area (Å²) in [4.78, 5) is 12.8. The van der Waals surface area contributed by atoms with E-state index in [-0.39, 0.29) is 5.75 Å². The maximum absolute atomic E-state index is 12.8. The van der Waals surface area contributed by atoms with E-state index in [1.54, 1.807) is 12.1 Å². The molecule has 0 aliphatic heterocycles. The highest BCUT2D eigenvalue weighted by atomic mass is 16.5. The van der Waals surface area contributed by atoms with Crippen molar-refractivity contribution >= 4 is 0 Å². The number of benzene rings is 1. The first-order valence-electron chi connectivity index (χ1n) is 11.4. The van der Waals surface area contributed by atoms with Crippen molar-refractivity contribution in [3.8, 4) is 34.1 Å². The maximum Gasteiger partial charge on any atom is 0.220 e. The molecule has 2 aromatic rings. The zero-order chi connectivity index (χ0) is 24.6. The Morgan fingerprint density at radius 2 is 1.81 bits per heavy atom. The Morgan fingerprint density at radius 1 is 1.00 bits per heavy atom. The molecule has 1 atom stereocenters. The van der Waals surface area contributed by atoms with Gasteiger partial charge in [-0.05, 0) is 54.7 Å². The van der Waals surface area contributed by atoms with Crippen LogP contribution in [-0.4, -0.2) is 35.3 Å². The minimum atomic E-state index is -2.82. The Bertz CT molecular complexity index is 1100. The van der Waals surface area contributed by atoms with Crippen LogP contribution in [0, 0.1) is 0 Å². The zero-order valence-electron chi connectivity index (χ0n) is 21.3. The van der Waals surface area contributed by atoms with Gasteiger partial charge in [0.2, 0.25) is 11.2 Å². The predicted molar refractivity (Wildman–Crippen MR) is 104 cm³/mol. The van der Waals surface area contributed by atoms with Gasteiger partial charge in [-0.15, -0.1) is 0 Å². The van der Waals surface area contributed by atoms with Gasteiger partial charge in [-0.3, -0.25) is 4.79 Å². The van der Waals surface area contributed by atoms with Crippen LogP contribution in [0.3, 0.4) is 0 Å². The van der Waals surface area contributed by atoms with Gasteiger partial charge in [0.1, 0.15) is 0 Å². The van der Waals surface area contributed by atoms with E-state index < -0.39 is 25.5 Å². The molecule has 0 radical (unpaired) electrons. The molecule has 0 saturated heterocycles. The summed E-state index contributed by atoms with van der Waals surface area (Å²) in [6.07, 6.45) is 0.737. The molecule has 6 nitrogen and oxygen atoms in total. The quantitative estimate of drug-likeness (QED) is 0.864. The lowest BCUT2D eigenvalue weighted by atomic mass is 9.96. The summed E-state index contributed by atoms with van der Waals surface area (Å²) >= 11 is 0. The highest BCUT2D eigenvalue weighted by molar-refractivity contribution is 5.79. The number of ether oxygens (including phenoxy) is 4. The Hall–Kier alpha value is -2.73. The molecule has 1 aliphatic rings. The van der Waals surface area contributed by atoms with E-state index in [4.69, 9.17) is 27.2 Å². The summed E-state index contributed by atoms with van der Waals surface area (Å²) in [6.45, 7) is -2.48. The van der Waals surface area contributed by atoms with E-state index >= 15 is 0 Å². The van der Waals surface area contributed by atoms with Crippen LogP contribution >= 0.6 is 0 Å². The second-order valence-corrected chi connectivity index (χ2v) is 6.08. The van der Waals surface area contributed by atoms with Crippen molar-refractivity contribution < 1.29 is 27.2 Å². The van der Waals surface area contributed by atoms with Gasteiger partial charge in [0.15, 0.2) is 17.2 Å². The molecule has 0 spiro atoms. The fourth-order valence-electron chi connectivity index (χ4n) is 3.54. The van der Waals surface area contributed by atoms with Gasteiger partial charge in [0.25, 0.3) is 0 Å². The van der Waals surface area contributed by atoms with E-state index in [0.29, 0.717) is 46.8 Å². The van der Waals surface area contributed by atoms with Crippen LogP contribution in [0.1, 0.15) is 31.8 Å². The number of methoxy groups -OCH3 is 4. The van der Waals surface area contributed by atoms with Gasteiger partial charge in [-0.25, -0.2) is 0 Å². The Kier molecular flexibility index (Phi) is 3.68. The average Bonchev–Trinajstić information content (AvgIpc) is 2.94. The van der Waals surface area contributed by atoms with E-state index in [1.165, 1.54) is 33.5 Å². The van der Waals surface area contributed by atoms with Crippen molar-refractivity contribution in [1.82, 2.24) is 5.32 Å². The van der Waals surface area contributed by atoms with Gasteiger partial charge >= 0.3 is 0 Å². The third-order valence-corrected chi connectivity index (χ3v) is 4.81. The second-order valence-electron chi connectivity index (χ2n) is 6.08. The first-order valence-corrected chi connectivity index (χ1v) is 8.35. The van der Waals surface area contributed by atoms with Gasteiger partial charge in [0, 0.05) is 15.7 Å². The largest absolute Gasteiger partial charge is 0.493 e. The number of hydrogen-bond acceptors (Lipinski definition) is 6. The van der Waals surface area contributed by atoms with Gasteiger partial charge in [-0.1, -0.05) is 6.07 Å². The van der Waals surface area contributed by atoms with Crippen LogP contribution in [-0.2, 0) is 6.42 Å². The van der Waals surface area contributed by atoms with Crippen molar-refractivity contribution in [1.29, 1.82) is 0 Å². The molecule has 144 valence electrons. The molecular formula is C21H25NO5. The lowest BCUT2D eigenvalue weighted by Crippen LogP contribution is -2.17. The Labute approximate surface area is 167 Å². The van der Waals surface area contributed by atoms with E-state index in [1.807, 2.05) is 0 Å². The molecule has 1 N–H and O–H groups in total. The zero-order valence-corrected chi connectivity index (χ0v) is 15.3. The van der Waals surface area contributed by atoms with Crippen molar-refractivity contribution in [2.45, 2.75) is 18.9 Å². The van der Waals surface area contributed by atoms with Crippen molar-refractivity contribution in [3.05, 3.63) is 45.6 Å². The topological polar surface area (TPSA) is 66.0 Å². The smallest absolute Gasteiger partial charge is 0.220 e. The number of rotatable bonds is 5. The fourth-order valence-corrected chi connectivity index (χ4v) is 3.54. The SMILES string of the molecule is [2H]C([2H])([2H])NC1CCc2c(cc(OC)c(OC)c2OC)-c2ccc(OC([2H])([2H])[2H])c(=O)cc21. The highest BCUT2D eigenvalue weighted by Gasteiger charge is 2.27.